The van der Waals surface area contributed by atoms with Gasteiger partial charge in [0, 0.05) is 18.3 Å². The van der Waals surface area contributed by atoms with Gasteiger partial charge in [0.25, 0.3) is 0 Å². The number of carbonyl (C=O) groups excluding carboxylic acids is 2. The molecular weight excluding hydrogens is 347 g/mol. The van der Waals surface area contributed by atoms with Gasteiger partial charge in [-0.3, -0.25) is 14.6 Å². The first-order chi connectivity index (χ1) is 12.3. The third-order valence-electron chi connectivity index (χ3n) is 4.17. The Morgan fingerprint density at radius 2 is 2.00 bits per heavy atom. The molecule has 1 aromatic carbocycles. The van der Waals surface area contributed by atoms with Gasteiger partial charge in [0.1, 0.15) is 5.92 Å². The number of benzene rings is 1. The van der Waals surface area contributed by atoms with Gasteiger partial charge in [-0.25, -0.2) is 0 Å². The maximum absolute atomic E-state index is 12.9. The summed E-state index contributed by atoms with van der Waals surface area (Å²) in [7, 11) is 0. The second-order valence-electron chi connectivity index (χ2n) is 5.83. The lowest BCUT2D eigenvalue weighted by molar-refractivity contribution is -0.137. The normalized spacial score (nSPS) is 17.6. The number of fused-ring (bicyclic) bond motifs is 1. The van der Waals surface area contributed by atoms with Crippen molar-refractivity contribution in [3.05, 3.63) is 59.4 Å². The molecule has 2 aromatic rings. The number of amides is 1. The maximum Gasteiger partial charge on any atom is 0.417 e. The van der Waals surface area contributed by atoms with E-state index < -0.39 is 29.4 Å². The van der Waals surface area contributed by atoms with Crippen LogP contribution in [0.25, 0.3) is 0 Å². The molecule has 26 heavy (non-hydrogen) atoms. The molecular formula is C18H12F3N3O2. The van der Waals surface area contributed by atoms with Crippen LogP contribution < -0.4 is 5.32 Å². The number of halogens is 3. The number of carbonyl (C=O) groups is 2. The first-order valence-electron chi connectivity index (χ1n) is 7.66. The summed E-state index contributed by atoms with van der Waals surface area (Å²) in [5.41, 5.74) is 0.0187. The second kappa shape index (κ2) is 6.59. The van der Waals surface area contributed by atoms with Crippen molar-refractivity contribution >= 4 is 17.4 Å². The van der Waals surface area contributed by atoms with Crippen LogP contribution in [-0.2, 0) is 15.8 Å². The number of anilines is 1. The average Bonchev–Trinajstić information content (AvgIpc) is 2.61. The molecule has 1 N–H and O–H groups in total. The van der Waals surface area contributed by atoms with Crippen molar-refractivity contribution in [2.75, 3.05) is 5.32 Å². The summed E-state index contributed by atoms with van der Waals surface area (Å²) >= 11 is 0. The lowest BCUT2D eigenvalue weighted by atomic mass is 9.81. The zero-order valence-corrected chi connectivity index (χ0v) is 13.2. The number of nitrogens with zero attached hydrogens (tertiary/aromatic N) is 2. The standard InChI is InChI=1S/C18H12F3N3O2/c19-18(20,21)10-5-6-14(23-9-10)13(8-22)17(26)12-7-16(25)24-15-4-2-1-3-11(12)15/h1-6,9,12-13H,7H2,(H,24,25). The minimum atomic E-state index is -4.56. The molecule has 5 nitrogen and oxygen atoms in total. The zero-order chi connectivity index (χ0) is 18.9. The van der Waals surface area contributed by atoms with Crippen LogP contribution in [0.15, 0.2) is 42.6 Å². The molecule has 2 heterocycles. The molecule has 0 aliphatic carbocycles. The van der Waals surface area contributed by atoms with Gasteiger partial charge < -0.3 is 5.32 Å². The molecule has 0 spiro atoms. The molecule has 3 rings (SSSR count). The molecule has 132 valence electrons. The van der Waals surface area contributed by atoms with Crippen LogP contribution in [-0.4, -0.2) is 16.7 Å². The van der Waals surface area contributed by atoms with E-state index in [1.807, 2.05) is 0 Å². The van der Waals surface area contributed by atoms with E-state index in [2.05, 4.69) is 10.3 Å². The SMILES string of the molecule is N#CC(C(=O)C1CC(=O)Nc2ccccc21)c1ccc(C(F)(F)F)cn1. The maximum atomic E-state index is 12.9. The van der Waals surface area contributed by atoms with Crippen LogP contribution in [0.1, 0.15) is 35.1 Å². The highest BCUT2D eigenvalue weighted by atomic mass is 19.4. The number of aromatic nitrogens is 1. The lowest BCUT2D eigenvalue weighted by Gasteiger charge is -2.25. The van der Waals surface area contributed by atoms with E-state index in [4.69, 9.17) is 0 Å². The average molecular weight is 359 g/mol. The van der Waals surface area contributed by atoms with Gasteiger partial charge in [-0.2, -0.15) is 18.4 Å². The number of nitriles is 1. The Labute approximate surface area is 146 Å². The number of rotatable bonds is 3. The van der Waals surface area contributed by atoms with Crippen LogP contribution >= 0.6 is 0 Å². The van der Waals surface area contributed by atoms with Crippen molar-refractivity contribution in [1.82, 2.24) is 4.98 Å². The Bertz CT molecular complexity index is 901. The van der Waals surface area contributed by atoms with E-state index >= 15 is 0 Å². The fourth-order valence-corrected chi connectivity index (χ4v) is 2.89. The van der Waals surface area contributed by atoms with Gasteiger partial charge in [-0.1, -0.05) is 18.2 Å². The fourth-order valence-electron chi connectivity index (χ4n) is 2.89. The molecule has 1 aromatic heterocycles. The molecule has 2 atom stereocenters. The summed E-state index contributed by atoms with van der Waals surface area (Å²) in [5, 5.41) is 12.0. The molecule has 1 aliphatic rings. The lowest BCUT2D eigenvalue weighted by Crippen LogP contribution is -2.30. The fraction of sp³-hybridized carbons (Fsp3) is 0.222. The van der Waals surface area contributed by atoms with Gasteiger partial charge in [0.05, 0.1) is 23.2 Å². The first-order valence-corrected chi connectivity index (χ1v) is 7.66. The number of ketones is 1. The van der Waals surface area contributed by atoms with Gasteiger partial charge >= 0.3 is 6.18 Å². The summed E-state index contributed by atoms with van der Waals surface area (Å²) in [4.78, 5) is 28.4. The molecule has 1 amide bonds. The molecule has 2 unspecified atom stereocenters. The molecule has 0 fully saturated rings. The van der Waals surface area contributed by atoms with E-state index in [0.717, 1.165) is 12.1 Å². The van der Waals surface area contributed by atoms with Crippen molar-refractivity contribution in [3.8, 4) is 6.07 Å². The summed E-state index contributed by atoms with van der Waals surface area (Å²) in [6.07, 6.45) is -4.10. The van der Waals surface area contributed by atoms with Crippen molar-refractivity contribution in [1.29, 1.82) is 5.26 Å². The Morgan fingerprint density at radius 3 is 2.62 bits per heavy atom. The van der Waals surface area contributed by atoms with Crippen LogP contribution in [0.5, 0.6) is 0 Å². The Balaban J connectivity index is 1.93. The summed E-state index contributed by atoms with van der Waals surface area (Å²) in [6.45, 7) is 0. The molecule has 0 radical (unpaired) electrons. The van der Waals surface area contributed by atoms with Crippen molar-refractivity contribution in [2.45, 2.75) is 24.4 Å². The van der Waals surface area contributed by atoms with E-state index in [9.17, 15) is 28.0 Å². The van der Waals surface area contributed by atoms with E-state index in [1.54, 1.807) is 30.3 Å². The number of pyridine rings is 1. The smallest absolute Gasteiger partial charge is 0.326 e. The third-order valence-corrected chi connectivity index (χ3v) is 4.17. The van der Waals surface area contributed by atoms with Crippen molar-refractivity contribution in [3.63, 3.8) is 0 Å². The number of hydrogen-bond acceptors (Lipinski definition) is 4. The van der Waals surface area contributed by atoms with Crippen LogP contribution in [0.3, 0.4) is 0 Å². The second-order valence-corrected chi connectivity index (χ2v) is 5.83. The van der Waals surface area contributed by atoms with Gasteiger partial charge in [0.2, 0.25) is 5.91 Å². The quantitative estimate of drug-likeness (QED) is 0.910. The third kappa shape index (κ3) is 3.28. The highest BCUT2D eigenvalue weighted by Gasteiger charge is 2.36. The van der Waals surface area contributed by atoms with Crippen molar-refractivity contribution < 1.29 is 22.8 Å². The van der Waals surface area contributed by atoms with E-state index in [1.165, 1.54) is 0 Å². The number of para-hydroxylation sites is 1. The van der Waals surface area contributed by atoms with Crippen molar-refractivity contribution in [2.24, 2.45) is 0 Å². The molecule has 8 heteroatoms. The van der Waals surface area contributed by atoms with Crippen LogP contribution in [0.4, 0.5) is 18.9 Å². The minimum absolute atomic E-state index is 0.0750. The van der Waals surface area contributed by atoms with Crippen LogP contribution in [0.2, 0.25) is 0 Å². The Hall–Kier alpha value is -3.21. The van der Waals surface area contributed by atoms with E-state index in [0.29, 0.717) is 17.4 Å². The summed E-state index contributed by atoms with van der Waals surface area (Å²) < 4.78 is 37.9. The zero-order valence-electron chi connectivity index (χ0n) is 13.2. The predicted molar refractivity (Wildman–Crippen MR) is 85.0 cm³/mol. The minimum Gasteiger partial charge on any atom is -0.326 e. The molecule has 0 saturated carbocycles. The molecule has 0 saturated heterocycles. The van der Waals surface area contributed by atoms with Gasteiger partial charge in [0.15, 0.2) is 5.78 Å². The highest BCUT2D eigenvalue weighted by molar-refractivity contribution is 6.04. The number of nitrogens with one attached hydrogen (secondary N) is 1. The monoisotopic (exact) mass is 359 g/mol. The predicted octanol–water partition coefficient (Wildman–Crippen LogP) is 3.40. The summed E-state index contributed by atoms with van der Waals surface area (Å²) in [5.74, 6) is -3.14. The van der Waals surface area contributed by atoms with Crippen LogP contribution in [0, 0.1) is 11.3 Å². The first kappa shape index (κ1) is 17.6. The number of Topliss-reactive ketones (excluding diaryl/α,β-unsaturated/α-hetero) is 1. The Morgan fingerprint density at radius 1 is 1.27 bits per heavy atom. The highest BCUT2D eigenvalue weighted by Crippen LogP contribution is 2.36. The van der Waals surface area contributed by atoms with E-state index in [-0.39, 0.29) is 18.0 Å². The molecule has 0 bridgehead atoms. The number of alkyl halides is 3. The topological polar surface area (TPSA) is 82.8 Å². The Kier molecular flexibility index (Phi) is 4.47. The van der Waals surface area contributed by atoms with Gasteiger partial charge in [-0.05, 0) is 23.8 Å². The largest absolute Gasteiger partial charge is 0.417 e. The van der Waals surface area contributed by atoms with Gasteiger partial charge in [-0.15, -0.1) is 0 Å². The molecule has 1 aliphatic heterocycles. The summed E-state index contributed by atoms with van der Waals surface area (Å²) in [6, 6.07) is 10.3. The number of hydrogen-bond donors (Lipinski definition) is 1.